The Morgan fingerprint density at radius 1 is 1.50 bits per heavy atom. The third kappa shape index (κ3) is 5.88. The topological polar surface area (TPSA) is 47.7 Å². The Morgan fingerprint density at radius 3 is 2.50 bits per heavy atom. The number of quaternary nitrogens is 1. The van der Waals surface area contributed by atoms with Crippen molar-refractivity contribution < 1.29 is 10.2 Å². The van der Waals surface area contributed by atoms with Crippen molar-refractivity contribution in [3.63, 3.8) is 0 Å². The van der Waals surface area contributed by atoms with Crippen molar-refractivity contribution in [1.82, 2.24) is 0 Å². The molecule has 1 atom stereocenters. The highest BCUT2D eigenvalue weighted by atomic mass is 16.5. The van der Waals surface area contributed by atoms with Crippen LogP contribution in [0.1, 0.15) is 12.8 Å². The number of hydroxylamine groups is 2. The van der Waals surface area contributed by atoms with E-state index in [2.05, 4.69) is 0 Å². The number of aliphatic hydroxyl groups excluding tert-OH is 1. The van der Waals surface area contributed by atoms with E-state index >= 15 is 0 Å². The van der Waals surface area contributed by atoms with Crippen molar-refractivity contribution >= 4 is 0 Å². The summed E-state index contributed by atoms with van der Waals surface area (Å²) in [5, 5.41) is 18.7. The number of hydrogen-bond donors (Lipinski definition) is 2. The molecule has 8 heavy (non-hydrogen) atoms. The molecule has 0 rings (SSSR count). The zero-order chi connectivity index (χ0) is 6.41. The van der Waals surface area contributed by atoms with E-state index in [1.54, 1.807) is 7.05 Å². The van der Waals surface area contributed by atoms with Gasteiger partial charge in [0.05, 0.1) is 13.6 Å². The number of rotatable bonds is 4. The Kier molecular flexibility index (Phi) is 4.95. The van der Waals surface area contributed by atoms with Crippen LogP contribution in [0.5, 0.6) is 0 Å². The van der Waals surface area contributed by atoms with Gasteiger partial charge in [0.1, 0.15) is 0 Å². The summed E-state index contributed by atoms with van der Waals surface area (Å²) in [7, 11) is 1.57. The molecule has 0 saturated carbocycles. The fourth-order valence-electron chi connectivity index (χ4n) is 0.486. The lowest BCUT2D eigenvalue weighted by Crippen LogP contribution is -3.03. The van der Waals surface area contributed by atoms with Gasteiger partial charge < -0.3 is 15.4 Å². The summed E-state index contributed by atoms with van der Waals surface area (Å²) < 4.78 is 0. The minimum Gasteiger partial charge on any atom is -0.634 e. The molecular formula is C5H13NO2. The number of hydrogen-bond acceptors (Lipinski definition) is 2. The highest BCUT2D eigenvalue weighted by Crippen LogP contribution is 1.79. The van der Waals surface area contributed by atoms with Gasteiger partial charge in [0, 0.05) is 6.61 Å². The monoisotopic (exact) mass is 119 g/mol. The molecule has 0 saturated heterocycles. The molecule has 0 aromatic heterocycles. The maximum atomic E-state index is 10.2. The Morgan fingerprint density at radius 2 is 2.12 bits per heavy atom. The summed E-state index contributed by atoms with van der Waals surface area (Å²) >= 11 is 0. The highest BCUT2D eigenvalue weighted by molar-refractivity contribution is 4.32. The first-order chi connectivity index (χ1) is 3.77. The van der Waals surface area contributed by atoms with Crippen LogP contribution in [0.3, 0.4) is 0 Å². The SMILES string of the molecule is C[NH+]([O-])CCCCO. The molecule has 0 aliphatic carbocycles. The first-order valence-corrected chi connectivity index (χ1v) is 2.87. The summed E-state index contributed by atoms with van der Waals surface area (Å²) in [6.07, 6.45) is 1.57. The Bertz CT molecular complexity index is 47.7. The predicted octanol–water partition coefficient (Wildman–Crippen LogP) is -1.23. The first-order valence-electron chi connectivity index (χ1n) is 2.87. The third-order valence-corrected chi connectivity index (χ3v) is 0.937. The smallest absolute Gasteiger partial charge is 0.0767 e. The van der Waals surface area contributed by atoms with Gasteiger partial charge in [0.25, 0.3) is 0 Å². The van der Waals surface area contributed by atoms with Gasteiger partial charge in [-0.3, -0.25) is 0 Å². The Balaban J connectivity index is 2.72. The molecule has 50 valence electrons. The van der Waals surface area contributed by atoms with Crippen LogP contribution >= 0.6 is 0 Å². The maximum Gasteiger partial charge on any atom is 0.0767 e. The van der Waals surface area contributed by atoms with E-state index in [4.69, 9.17) is 5.11 Å². The maximum absolute atomic E-state index is 10.2. The molecule has 0 fully saturated rings. The van der Waals surface area contributed by atoms with Gasteiger partial charge in [-0.2, -0.15) is 0 Å². The average Bonchev–Trinajstić information content (AvgIpc) is 1.66. The lowest BCUT2D eigenvalue weighted by Gasteiger charge is -2.14. The molecule has 0 bridgehead atoms. The highest BCUT2D eigenvalue weighted by Gasteiger charge is 1.86. The molecule has 1 unspecified atom stereocenters. The van der Waals surface area contributed by atoms with Crippen molar-refractivity contribution in [1.29, 1.82) is 0 Å². The fraction of sp³-hybridized carbons (Fsp3) is 1.00. The van der Waals surface area contributed by atoms with E-state index in [1.165, 1.54) is 0 Å². The second-order valence-corrected chi connectivity index (χ2v) is 1.88. The average molecular weight is 119 g/mol. The van der Waals surface area contributed by atoms with Crippen molar-refractivity contribution in [2.24, 2.45) is 0 Å². The molecule has 2 N–H and O–H groups in total. The minimum absolute atomic E-state index is 0.202. The molecule has 0 spiro atoms. The van der Waals surface area contributed by atoms with Crippen molar-refractivity contribution in [3.05, 3.63) is 5.21 Å². The summed E-state index contributed by atoms with van der Waals surface area (Å²) in [4.78, 5) is 0. The Labute approximate surface area is 49.5 Å². The van der Waals surface area contributed by atoms with E-state index in [0.29, 0.717) is 6.54 Å². The van der Waals surface area contributed by atoms with Crippen LogP contribution in [0.25, 0.3) is 0 Å². The predicted molar refractivity (Wildman–Crippen MR) is 31.4 cm³/mol. The van der Waals surface area contributed by atoms with E-state index < -0.39 is 0 Å². The van der Waals surface area contributed by atoms with Gasteiger partial charge in [0.2, 0.25) is 0 Å². The second-order valence-electron chi connectivity index (χ2n) is 1.88. The first kappa shape index (κ1) is 7.88. The molecule has 0 aliphatic rings. The van der Waals surface area contributed by atoms with E-state index in [9.17, 15) is 5.21 Å². The molecule has 0 aromatic carbocycles. The van der Waals surface area contributed by atoms with Crippen molar-refractivity contribution in [3.8, 4) is 0 Å². The van der Waals surface area contributed by atoms with Gasteiger partial charge in [-0.1, -0.05) is 0 Å². The molecule has 3 nitrogen and oxygen atoms in total. The van der Waals surface area contributed by atoms with Crippen LogP contribution in [-0.2, 0) is 0 Å². The van der Waals surface area contributed by atoms with Crippen LogP contribution in [0, 0.1) is 5.21 Å². The van der Waals surface area contributed by atoms with Crippen molar-refractivity contribution in [2.75, 3.05) is 20.2 Å². The standard InChI is InChI=1S/C5H13NO2/c1-6(8)4-2-3-5-7/h6-7H,2-5H2,1H3. The minimum atomic E-state index is 0.202. The lowest BCUT2D eigenvalue weighted by molar-refractivity contribution is -0.826. The molecule has 3 heteroatoms. The third-order valence-electron chi connectivity index (χ3n) is 0.937. The van der Waals surface area contributed by atoms with Gasteiger partial charge in [0.15, 0.2) is 0 Å². The molecular weight excluding hydrogens is 106 g/mol. The van der Waals surface area contributed by atoms with Gasteiger partial charge in [-0.25, -0.2) is 0 Å². The zero-order valence-corrected chi connectivity index (χ0v) is 5.18. The van der Waals surface area contributed by atoms with Crippen LogP contribution in [-0.4, -0.2) is 25.3 Å². The molecule has 0 aliphatic heterocycles. The van der Waals surface area contributed by atoms with Gasteiger partial charge >= 0.3 is 0 Å². The largest absolute Gasteiger partial charge is 0.634 e. The fourth-order valence-corrected chi connectivity index (χ4v) is 0.486. The molecule has 0 amide bonds. The number of nitrogens with one attached hydrogen (secondary N) is 1. The molecule has 0 heterocycles. The van der Waals surface area contributed by atoms with Crippen LogP contribution < -0.4 is 5.06 Å². The van der Waals surface area contributed by atoms with Crippen LogP contribution in [0.4, 0.5) is 0 Å². The number of unbranched alkanes of at least 4 members (excludes halogenated alkanes) is 1. The lowest BCUT2D eigenvalue weighted by atomic mass is 10.3. The summed E-state index contributed by atoms with van der Waals surface area (Å²) in [6.45, 7) is 0.813. The summed E-state index contributed by atoms with van der Waals surface area (Å²) in [5.74, 6) is 0. The van der Waals surface area contributed by atoms with E-state index in [1.807, 2.05) is 0 Å². The van der Waals surface area contributed by atoms with E-state index in [0.717, 1.165) is 12.8 Å². The van der Waals surface area contributed by atoms with E-state index in [-0.39, 0.29) is 11.7 Å². The summed E-state index contributed by atoms with van der Waals surface area (Å²) in [6, 6.07) is 0. The normalized spacial score (nSPS) is 13.9. The number of aliphatic hydroxyl groups is 1. The molecule has 0 radical (unpaired) electrons. The summed E-state index contributed by atoms with van der Waals surface area (Å²) in [5.41, 5.74) is 0. The zero-order valence-electron chi connectivity index (χ0n) is 5.18. The van der Waals surface area contributed by atoms with Gasteiger partial charge in [-0.15, -0.1) is 0 Å². The van der Waals surface area contributed by atoms with Gasteiger partial charge in [-0.05, 0) is 12.8 Å². The van der Waals surface area contributed by atoms with Crippen LogP contribution in [0.2, 0.25) is 0 Å². The molecule has 0 aromatic rings. The quantitative estimate of drug-likeness (QED) is 0.359. The van der Waals surface area contributed by atoms with Crippen molar-refractivity contribution in [2.45, 2.75) is 12.8 Å². The Hall–Kier alpha value is -0.120. The second kappa shape index (κ2) is 5.03. The van der Waals surface area contributed by atoms with Crippen LogP contribution in [0.15, 0.2) is 0 Å².